The van der Waals surface area contributed by atoms with Gasteiger partial charge in [-0.25, -0.2) is 25.3 Å². The van der Waals surface area contributed by atoms with E-state index in [1.807, 2.05) is 0 Å². The van der Waals surface area contributed by atoms with Crippen LogP contribution in [0.4, 0.5) is 0 Å². The van der Waals surface area contributed by atoms with Crippen molar-refractivity contribution < 1.29 is 43.4 Å². The van der Waals surface area contributed by atoms with E-state index >= 15 is 0 Å². The number of hydrogen-bond donors (Lipinski definition) is 0. The Morgan fingerprint density at radius 1 is 0.500 bits per heavy atom. The lowest BCUT2D eigenvalue weighted by Gasteiger charge is -2.22. The molecule has 0 N–H and O–H groups in total. The first-order valence-corrected chi connectivity index (χ1v) is 16.5. The van der Waals surface area contributed by atoms with Crippen LogP contribution in [0.3, 0.4) is 0 Å². The average Bonchev–Trinajstić information content (AvgIpc) is 2.89. The fraction of sp³-hybridized carbons (Fsp3) is 0. The zero-order valence-corrected chi connectivity index (χ0v) is 22.9. The van der Waals surface area contributed by atoms with Crippen LogP contribution in [-0.4, -0.2) is 25.3 Å². The van der Waals surface area contributed by atoms with Crippen molar-refractivity contribution in [1.29, 1.82) is 0 Å². The van der Waals surface area contributed by atoms with E-state index in [4.69, 9.17) is 13.6 Å². The quantitative estimate of drug-likeness (QED) is 0.259. The molecule has 0 spiro atoms. The van der Waals surface area contributed by atoms with E-state index in [9.17, 15) is 29.8 Å². The Morgan fingerprint density at radius 3 is 0.974 bits per heavy atom. The summed E-state index contributed by atoms with van der Waals surface area (Å²) in [5.74, 6) is -1.49. The molecule has 3 rings (SSSR count). The largest absolute Gasteiger partial charge is 0.647 e. The predicted molar refractivity (Wildman–Crippen MR) is 141 cm³/mol. The molecular formula is C24H21O10PS3. The van der Waals surface area contributed by atoms with E-state index in [0.717, 1.165) is 36.4 Å². The van der Waals surface area contributed by atoms with Gasteiger partial charge in [0.15, 0.2) is 17.2 Å². The van der Waals surface area contributed by atoms with Gasteiger partial charge in [0.25, 0.3) is 0 Å². The third kappa shape index (κ3) is 6.25. The van der Waals surface area contributed by atoms with Gasteiger partial charge in [-0.15, -0.1) is 0 Å². The third-order valence-electron chi connectivity index (χ3n) is 4.76. The Kier molecular flexibility index (Phi) is 8.37. The van der Waals surface area contributed by atoms with Crippen LogP contribution in [0, 0.1) is 0 Å². The summed E-state index contributed by atoms with van der Waals surface area (Å²) in [6, 6.07) is 15.1. The highest BCUT2D eigenvalue weighted by Gasteiger charge is 2.38. The molecule has 3 aromatic carbocycles. The number of para-hydroxylation sites is 3. The summed E-state index contributed by atoms with van der Waals surface area (Å²) < 4.78 is 106. The molecule has 0 radical (unpaired) electrons. The maximum absolute atomic E-state index is 14.1. The Labute approximate surface area is 220 Å². The van der Waals surface area contributed by atoms with Crippen LogP contribution in [-0.2, 0) is 34.1 Å². The number of phosphoric ester groups is 1. The summed E-state index contributed by atoms with van der Waals surface area (Å²) in [5.41, 5.74) is 0. The number of sulfone groups is 3. The van der Waals surface area contributed by atoms with Crippen LogP contribution in [0.1, 0.15) is 0 Å². The van der Waals surface area contributed by atoms with Crippen LogP contribution in [0.15, 0.2) is 123 Å². The van der Waals surface area contributed by atoms with Crippen molar-refractivity contribution in [2.75, 3.05) is 0 Å². The first kappa shape index (κ1) is 28.9. The molecule has 38 heavy (non-hydrogen) atoms. The van der Waals surface area contributed by atoms with Crippen molar-refractivity contribution in [3.05, 3.63) is 109 Å². The summed E-state index contributed by atoms with van der Waals surface area (Å²) in [5, 5.41) is 1.92. The minimum atomic E-state index is -5.10. The Balaban J connectivity index is 2.24. The monoisotopic (exact) mass is 596 g/mol. The standard InChI is InChI=1S/C24H21O10PS3/c1-4-36(26,27)22-16-10-7-13-19(22)32-35(25,33-20-14-8-11-17-23(20)37(28,29)5-2)34-21-15-9-12-18-24(21)38(30,31)6-3/h4-18H,1-3H2. The fourth-order valence-electron chi connectivity index (χ4n) is 2.97. The second-order valence-corrected chi connectivity index (χ2v) is 14.2. The Morgan fingerprint density at radius 2 is 0.737 bits per heavy atom. The molecule has 200 valence electrons. The number of phosphoric acid groups is 1. The van der Waals surface area contributed by atoms with Crippen molar-refractivity contribution in [2.45, 2.75) is 14.7 Å². The topological polar surface area (TPSA) is 147 Å². The average molecular weight is 597 g/mol. The summed E-state index contributed by atoms with van der Waals surface area (Å²) >= 11 is 0. The molecule has 0 amide bonds. The lowest BCUT2D eigenvalue weighted by molar-refractivity contribution is 0.291. The van der Waals surface area contributed by atoms with Crippen molar-refractivity contribution in [2.24, 2.45) is 0 Å². The van der Waals surface area contributed by atoms with Crippen LogP contribution < -0.4 is 13.6 Å². The fourth-order valence-corrected chi connectivity index (χ4v) is 6.98. The zero-order chi connectivity index (χ0) is 28.2. The lowest BCUT2D eigenvalue weighted by Crippen LogP contribution is -2.12. The molecule has 3 aromatic rings. The van der Waals surface area contributed by atoms with Gasteiger partial charge in [-0.3, -0.25) is 0 Å². The van der Waals surface area contributed by atoms with Crippen molar-refractivity contribution in [3.63, 3.8) is 0 Å². The van der Waals surface area contributed by atoms with Gasteiger partial charge in [0.2, 0.25) is 29.5 Å². The maximum Gasteiger partial charge on any atom is 0.647 e. The molecule has 0 saturated carbocycles. The van der Waals surface area contributed by atoms with E-state index in [1.54, 1.807) is 0 Å². The van der Waals surface area contributed by atoms with Gasteiger partial charge < -0.3 is 13.6 Å². The molecule has 0 aliphatic carbocycles. The minimum absolute atomic E-state index is 0.457. The summed E-state index contributed by atoms with van der Waals surface area (Å²) in [4.78, 5) is -1.37. The van der Waals surface area contributed by atoms with Crippen molar-refractivity contribution in [1.82, 2.24) is 0 Å². The highest BCUT2D eigenvalue weighted by atomic mass is 32.2. The lowest BCUT2D eigenvalue weighted by atomic mass is 10.3. The molecule has 0 atom stereocenters. The van der Waals surface area contributed by atoms with Gasteiger partial charge >= 0.3 is 7.82 Å². The normalized spacial score (nSPS) is 12.2. The summed E-state index contributed by atoms with van der Waals surface area (Å²) in [6.45, 7) is 9.75. The molecule has 10 nitrogen and oxygen atoms in total. The molecule has 0 fully saturated rings. The summed E-state index contributed by atoms with van der Waals surface area (Å²) in [7, 11) is -17.5. The van der Waals surface area contributed by atoms with E-state index in [0.29, 0.717) is 16.2 Å². The molecule has 0 heterocycles. The van der Waals surface area contributed by atoms with Crippen molar-refractivity contribution >= 4 is 37.3 Å². The highest BCUT2D eigenvalue weighted by molar-refractivity contribution is 7.95. The predicted octanol–water partition coefficient (Wildman–Crippen LogP) is 5.08. The van der Waals surface area contributed by atoms with Gasteiger partial charge in [-0.1, -0.05) is 56.1 Å². The van der Waals surface area contributed by atoms with E-state index in [1.165, 1.54) is 36.4 Å². The number of benzene rings is 3. The first-order valence-electron chi connectivity index (χ1n) is 10.4. The van der Waals surface area contributed by atoms with Gasteiger partial charge in [-0.05, 0) is 36.4 Å². The minimum Gasteiger partial charge on any atom is -0.385 e. The Hall–Kier alpha value is -3.64. The van der Waals surface area contributed by atoms with Gasteiger partial charge in [0.05, 0.1) is 0 Å². The summed E-state index contributed by atoms with van der Waals surface area (Å²) in [6.07, 6.45) is 0. The van der Waals surface area contributed by atoms with Gasteiger partial charge in [0, 0.05) is 16.2 Å². The smallest absolute Gasteiger partial charge is 0.385 e. The van der Waals surface area contributed by atoms with Crippen LogP contribution >= 0.6 is 7.82 Å². The van der Waals surface area contributed by atoms with Crippen LogP contribution in [0.5, 0.6) is 17.2 Å². The zero-order valence-electron chi connectivity index (χ0n) is 19.5. The molecule has 0 aromatic heterocycles. The number of hydrogen-bond acceptors (Lipinski definition) is 10. The molecule has 0 unspecified atom stereocenters. The maximum atomic E-state index is 14.1. The molecule has 0 bridgehead atoms. The highest BCUT2D eigenvalue weighted by Crippen LogP contribution is 2.53. The molecule has 14 heteroatoms. The van der Waals surface area contributed by atoms with E-state index in [-0.39, 0.29) is 0 Å². The van der Waals surface area contributed by atoms with Crippen LogP contribution in [0.25, 0.3) is 0 Å². The second-order valence-electron chi connectivity index (χ2n) is 7.20. The number of rotatable bonds is 12. The Bertz CT molecular complexity index is 1570. The first-order chi connectivity index (χ1) is 17.8. The second kappa shape index (κ2) is 11.0. The SMILES string of the molecule is C=CS(=O)(=O)c1ccccc1OP(=O)(Oc1ccccc1S(=O)(=O)C=C)Oc1ccccc1S(=O)(=O)C=C. The van der Waals surface area contributed by atoms with E-state index in [2.05, 4.69) is 19.7 Å². The molecule has 0 aliphatic rings. The van der Waals surface area contributed by atoms with E-state index < -0.39 is 69.3 Å². The van der Waals surface area contributed by atoms with Crippen molar-refractivity contribution in [3.8, 4) is 17.2 Å². The molecule has 0 aliphatic heterocycles. The van der Waals surface area contributed by atoms with Crippen LogP contribution in [0.2, 0.25) is 0 Å². The van der Waals surface area contributed by atoms with Gasteiger partial charge in [0.1, 0.15) is 14.7 Å². The molecular weight excluding hydrogens is 575 g/mol. The third-order valence-corrected chi connectivity index (χ3v) is 10.2. The van der Waals surface area contributed by atoms with Gasteiger partial charge in [-0.2, -0.15) is 4.57 Å². The molecule has 0 saturated heterocycles.